The second-order valence-corrected chi connectivity index (χ2v) is 3.79. The van der Waals surface area contributed by atoms with Crippen LogP contribution in [0.3, 0.4) is 0 Å². The zero-order chi connectivity index (χ0) is 10.1. The Labute approximate surface area is 87.5 Å². The molecule has 14 heavy (non-hydrogen) atoms. The number of rotatable bonds is 2. The molecule has 0 amide bonds. The lowest BCUT2D eigenvalue weighted by atomic mass is 10.1. The van der Waals surface area contributed by atoms with Gasteiger partial charge in [-0.15, -0.1) is 0 Å². The first-order chi connectivity index (χ1) is 6.74. The van der Waals surface area contributed by atoms with E-state index in [9.17, 15) is 0 Å². The molecule has 0 bridgehead atoms. The summed E-state index contributed by atoms with van der Waals surface area (Å²) in [6.45, 7) is 2.17. The van der Waals surface area contributed by atoms with Gasteiger partial charge < -0.3 is 10.1 Å². The molecule has 2 rings (SSSR count). The highest BCUT2D eigenvalue weighted by molar-refractivity contribution is 6.32. The number of H-pyrrole nitrogens is 1. The van der Waals surface area contributed by atoms with E-state index in [1.807, 2.05) is 25.3 Å². The molecule has 1 aromatic carbocycles. The third kappa shape index (κ3) is 1.41. The minimum absolute atomic E-state index is 0.175. The molecule has 1 aromatic heterocycles. The summed E-state index contributed by atoms with van der Waals surface area (Å²) in [7, 11) is 0. The minimum atomic E-state index is 0.175. The first kappa shape index (κ1) is 9.56. The summed E-state index contributed by atoms with van der Waals surface area (Å²) in [6.07, 6.45) is 2.62. The Morgan fingerprint density at radius 1 is 1.43 bits per heavy atom. The Morgan fingerprint density at radius 2 is 2.21 bits per heavy atom. The minimum Gasteiger partial charge on any atom is -0.396 e. The van der Waals surface area contributed by atoms with Crippen molar-refractivity contribution in [3.05, 3.63) is 34.5 Å². The molecule has 2 nitrogen and oxygen atoms in total. The van der Waals surface area contributed by atoms with Gasteiger partial charge in [0.2, 0.25) is 0 Å². The molecular formula is C11H12ClNO. The van der Waals surface area contributed by atoms with E-state index in [2.05, 4.69) is 4.98 Å². The number of benzene rings is 1. The molecule has 0 saturated carbocycles. The predicted molar refractivity (Wildman–Crippen MR) is 58.8 cm³/mol. The van der Waals surface area contributed by atoms with Crippen LogP contribution in [0.25, 0.3) is 10.9 Å². The quantitative estimate of drug-likeness (QED) is 0.784. The maximum Gasteiger partial charge on any atom is 0.0501 e. The van der Waals surface area contributed by atoms with Gasteiger partial charge in [0.15, 0.2) is 0 Å². The Kier molecular flexibility index (Phi) is 2.48. The first-order valence-electron chi connectivity index (χ1n) is 4.60. The molecule has 74 valence electrons. The largest absolute Gasteiger partial charge is 0.396 e. The third-order valence-electron chi connectivity index (χ3n) is 2.52. The van der Waals surface area contributed by atoms with Crippen LogP contribution in [0.4, 0.5) is 0 Å². The van der Waals surface area contributed by atoms with E-state index in [1.165, 1.54) is 0 Å². The zero-order valence-electron chi connectivity index (χ0n) is 7.97. The first-order valence-corrected chi connectivity index (χ1v) is 4.97. The lowest BCUT2D eigenvalue weighted by molar-refractivity contribution is 0.300. The fourth-order valence-electron chi connectivity index (χ4n) is 1.70. The number of aliphatic hydroxyl groups is 1. The molecule has 2 N–H and O–H groups in total. The number of aryl methyl sites for hydroxylation is 1. The van der Waals surface area contributed by atoms with Crippen molar-refractivity contribution >= 4 is 22.5 Å². The van der Waals surface area contributed by atoms with Gasteiger partial charge in [-0.1, -0.05) is 17.7 Å². The second-order valence-electron chi connectivity index (χ2n) is 3.38. The van der Waals surface area contributed by atoms with Crippen molar-refractivity contribution in [1.82, 2.24) is 4.98 Å². The normalized spacial score (nSPS) is 11.1. The number of nitrogens with one attached hydrogen (secondary N) is 1. The van der Waals surface area contributed by atoms with E-state index >= 15 is 0 Å². The van der Waals surface area contributed by atoms with Crippen molar-refractivity contribution < 1.29 is 5.11 Å². The molecule has 0 fully saturated rings. The van der Waals surface area contributed by atoms with Gasteiger partial charge in [0.25, 0.3) is 0 Å². The maximum atomic E-state index is 8.88. The third-order valence-corrected chi connectivity index (χ3v) is 2.93. The molecule has 0 atom stereocenters. The molecule has 3 heteroatoms. The van der Waals surface area contributed by atoms with E-state index in [0.29, 0.717) is 6.42 Å². The Hall–Kier alpha value is -0.990. The van der Waals surface area contributed by atoms with Gasteiger partial charge in [0.05, 0.1) is 5.52 Å². The lowest BCUT2D eigenvalue weighted by Gasteiger charge is -2.00. The molecule has 2 aromatic rings. The van der Waals surface area contributed by atoms with Gasteiger partial charge in [0, 0.05) is 23.2 Å². The summed E-state index contributed by atoms with van der Waals surface area (Å²) < 4.78 is 0. The predicted octanol–water partition coefficient (Wildman–Crippen LogP) is 2.66. The van der Waals surface area contributed by atoms with Crippen LogP contribution in [-0.4, -0.2) is 16.7 Å². The van der Waals surface area contributed by atoms with Gasteiger partial charge in [-0.3, -0.25) is 0 Å². The molecule has 0 aliphatic heterocycles. The summed E-state index contributed by atoms with van der Waals surface area (Å²) in [5.41, 5.74) is 3.27. The fourth-order valence-corrected chi connectivity index (χ4v) is 1.86. The topological polar surface area (TPSA) is 36.0 Å². The summed E-state index contributed by atoms with van der Waals surface area (Å²) in [5.74, 6) is 0. The molecule has 0 aliphatic carbocycles. The summed E-state index contributed by atoms with van der Waals surface area (Å²) >= 11 is 6.00. The number of aliphatic hydroxyl groups excluding tert-OH is 1. The Balaban J connectivity index is 2.64. The monoisotopic (exact) mass is 209 g/mol. The fraction of sp³-hybridized carbons (Fsp3) is 0.273. The van der Waals surface area contributed by atoms with Crippen molar-refractivity contribution in [3.8, 4) is 0 Å². The van der Waals surface area contributed by atoms with E-state index in [4.69, 9.17) is 16.7 Å². The van der Waals surface area contributed by atoms with Crippen LogP contribution >= 0.6 is 11.6 Å². The highest BCUT2D eigenvalue weighted by Gasteiger charge is 2.06. The zero-order valence-corrected chi connectivity index (χ0v) is 8.73. The number of aromatic nitrogens is 1. The van der Waals surface area contributed by atoms with E-state index < -0.39 is 0 Å². The summed E-state index contributed by atoms with van der Waals surface area (Å²) in [5, 5.41) is 10.8. The van der Waals surface area contributed by atoms with Gasteiger partial charge in [0.1, 0.15) is 0 Å². The van der Waals surface area contributed by atoms with Crippen LogP contribution in [0.1, 0.15) is 11.1 Å². The number of aromatic amines is 1. The number of halogens is 1. The average Bonchev–Trinajstić information content (AvgIpc) is 2.57. The molecule has 0 aliphatic rings. The van der Waals surface area contributed by atoms with Crippen LogP contribution in [-0.2, 0) is 6.42 Å². The van der Waals surface area contributed by atoms with E-state index in [-0.39, 0.29) is 6.61 Å². The lowest BCUT2D eigenvalue weighted by Crippen LogP contribution is -1.88. The molecular weight excluding hydrogens is 198 g/mol. The maximum absolute atomic E-state index is 8.88. The molecule has 1 heterocycles. The van der Waals surface area contributed by atoms with Gasteiger partial charge in [-0.05, 0) is 30.5 Å². The van der Waals surface area contributed by atoms with E-state index in [1.54, 1.807) is 0 Å². The molecule has 0 radical (unpaired) electrons. The molecule has 0 saturated heterocycles. The van der Waals surface area contributed by atoms with Gasteiger partial charge >= 0.3 is 0 Å². The average molecular weight is 210 g/mol. The van der Waals surface area contributed by atoms with Crippen LogP contribution in [0, 0.1) is 6.92 Å². The SMILES string of the molecule is Cc1c(Cl)ccc2c(CCO)c[nH]c12. The van der Waals surface area contributed by atoms with Crippen LogP contribution in [0.5, 0.6) is 0 Å². The van der Waals surface area contributed by atoms with Crippen LogP contribution < -0.4 is 0 Å². The number of hydrogen-bond donors (Lipinski definition) is 2. The van der Waals surface area contributed by atoms with Crippen molar-refractivity contribution in [3.63, 3.8) is 0 Å². The van der Waals surface area contributed by atoms with Gasteiger partial charge in [-0.2, -0.15) is 0 Å². The van der Waals surface area contributed by atoms with Crippen LogP contribution in [0.2, 0.25) is 5.02 Å². The number of fused-ring (bicyclic) bond motifs is 1. The Morgan fingerprint density at radius 3 is 2.93 bits per heavy atom. The standard InChI is InChI=1S/C11H12ClNO/c1-7-10(12)3-2-9-8(4-5-14)6-13-11(7)9/h2-3,6,13-14H,4-5H2,1H3. The summed E-state index contributed by atoms with van der Waals surface area (Å²) in [6, 6.07) is 3.89. The smallest absolute Gasteiger partial charge is 0.0501 e. The summed E-state index contributed by atoms with van der Waals surface area (Å²) in [4.78, 5) is 3.19. The number of hydrogen-bond acceptors (Lipinski definition) is 1. The molecule has 0 spiro atoms. The second kappa shape index (κ2) is 3.64. The van der Waals surface area contributed by atoms with Crippen molar-refractivity contribution in [2.45, 2.75) is 13.3 Å². The molecule has 0 unspecified atom stereocenters. The highest BCUT2D eigenvalue weighted by atomic mass is 35.5. The Bertz CT molecular complexity index is 462. The van der Waals surface area contributed by atoms with Crippen molar-refractivity contribution in [2.75, 3.05) is 6.61 Å². The van der Waals surface area contributed by atoms with Gasteiger partial charge in [-0.25, -0.2) is 0 Å². The highest BCUT2D eigenvalue weighted by Crippen LogP contribution is 2.26. The van der Waals surface area contributed by atoms with Crippen molar-refractivity contribution in [2.24, 2.45) is 0 Å². The van der Waals surface area contributed by atoms with E-state index in [0.717, 1.165) is 27.1 Å². The van der Waals surface area contributed by atoms with Crippen molar-refractivity contribution in [1.29, 1.82) is 0 Å². The van der Waals surface area contributed by atoms with Crippen LogP contribution in [0.15, 0.2) is 18.3 Å².